The molecule has 6 nitrogen and oxygen atoms in total. The predicted molar refractivity (Wildman–Crippen MR) is 69.0 cm³/mol. The Kier molecular flexibility index (Phi) is 3.35. The highest BCUT2D eigenvalue weighted by Crippen LogP contribution is 2.27. The van der Waals surface area contributed by atoms with Crippen LogP contribution in [0.3, 0.4) is 0 Å². The van der Waals surface area contributed by atoms with Crippen molar-refractivity contribution in [1.29, 1.82) is 0 Å². The Hall–Kier alpha value is -1.31. The summed E-state index contributed by atoms with van der Waals surface area (Å²) in [5.41, 5.74) is 0.652. The summed E-state index contributed by atoms with van der Waals surface area (Å²) in [6.07, 6.45) is 3.13. The van der Waals surface area contributed by atoms with Gasteiger partial charge in [0.05, 0.1) is 25.6 Å². The fourth-order valence-electron chi connectivity index (χ4n) is 1.65. The van der Waals surface area contributed by atoms with E-state index >= 15 is 0 Å². The SMILES string of the molecule is Clc1cncc(-c2nnc(N3CCOCC3)s2)n1. The molecule has 2 aromatic heterocycles. The highest BCUT2D eigenvalue weighted by molar-refractivity contribution is 7.18. The highest BCUT2D eigenvalue weighted by Gasteiger charge is 2.17. The molecule has 0 radical (unpaired) electrons. The van der Waals surface area contributed by atoms with E-state index in [2.05, 4.69) is 25.1 Å². The summed E-state index contributed by atoms with van der Waals surface area (Å²) in [6.45, 7) is 3.14. The minimum Gasteiger partial charge on any atom is -0.378 e. The quantitative estimate of drug-likeness (QED) is 0.832. The molecule has 0 aliphatic carbocycles. The second kappa shape index (κ2) is 5.13. The maximum Gasteiger partial charge on any atom is 0.208 e. The van der Waals surface area contributed by atoms with Gasteiger partial charge in [-0.05, 0) is 0 Å². The predicted octanol–water partition coefficient (Wildman–Crippen LogP) is 1.49. The largest absolute Gasteiger partial charge is 0.378 e. The van der Waals surface area contributed by atoms with Crippen molar-refractivity contribution in [2.24, 2.45) is 0 Å². The topological polar surface area (TPSA) is 64.0 Å². The monoisotopic (exact) mass is 283 g/mol. The summed E-state index contributed by atoms with van der Waals surface area (Å²) in [5, 5.41) is 10.3. The molecule has 2 aromatic rings. The summed E-state index contributed by atoms with van der Waals surface area (Å²) in [5.74, 6) is 0. The fraction of sp³-hybridized carbons (Fsp3) is 0.400. The van der Waals surface area contributed by atoms with Crippen molar-refractivity contribution in [3.8, 4) is 10.7 Å². The molecule has 0 spiro atoms. The van der Waals surface area contributed by atoms with E-state index in [0.29, 0.717) is 10.8 Å². The van der Waals surface area contributed by atoms with Crippen molar-refractivity contribution in [3.05, 3.63) is 17.5 Å². The van der Waals surface area contributed by atoms with Gasteiger partial charge in [-0.3, -0.25) is 4.98 Å². The summed E-state index contributed by atoms with van der Waals surface area (Å²) in [4.78, 5) is 10.3. The van der Waals surface area contributed by atoms with Crippen LogP contribution in [0.1, 0.15) is 0 Å². The van der Waals surface area contributed by atoms with Crippen molar-refractivity contribution in [2.45, 2.75) is 0 Å². The average molecular weight is 284 g/mol. The fourth-order valence-corrected chi connectivity index (χ4v) is 2.64. The lowest BCUT2D eigenvalue weighted by Gasteiger charge is -2.25. The molecule has 18 heavy (non-hydrogen) atoms. The number of hydrogen-bond acceptors (Lipinski definition) is 7. The van der Waals surface area contributed by atoms with Gasteiger partial charge in [0, 0.05) is 13.1 Å². The highest BCUT2D eigenvalue weighted by atomic mass is 35.5. The van der Waals surface area contributed by atoms with Crippen LogP contribution >= 0.6 is 22.9 Å². The maximum atomic E-state index is 5.81. The van der Waals surface area contributed by atoms with Crippen molar-refractivity contribution in [2.75, 3.05) is 31.2 Å². The van der Waals surface area contributed by atoms with E-state index in [1.54, 1.807) is 6.20 Å². The molecule has 94 valence electrons. The van der Waals surface area contributed by atoms with Crippen LogP contribution in [0.4, 0.5) is 5.13 Å². The van der Waals surface area contributed by atoms with E-state index in [1.165, 1.54) is 17.5 Å². The van der Waals surface area contributed by atoms with Gasteiger partial charge in [0.25, 0.3) is 0 Å². The molecule has 1 aliphatic rings. The third-order valence-electron chi connectivity index (χ3n) is 2.52. The van der Waals surface area contributed by atoms with Gasteiger partial charge in [-0.25, -0.2) is 4.98 Å². The van der Waals surface area contributed by atoms with Gasteiger partial charge >= 0.3 is 0 Å². The van der Waals surface area contributed by atoms with Crippen LogP contribution in [0.25, 0.3) is 10.7 Å². The van der Waals surface area contributed by atoms with E-state index in [4.69, 9.17) is 16.3 Å². The minimum atomic E-state index is 0.357. The molecule has 1 aliphatic heterocycles. The number of aromatic nitrogens is 4. The van der Waals surface area contributed by atoms with Crippen molar-refractivity contribution < 1.29 is 4.74 Å². The third kappa shape index (κ3) is 2.43. The number of rotatable bonds is 2. The summed E-state index contributed by atoms with van der Waals surface area (Å²) < 4.78 is 5.30. The van der Waals surface area contributed by atoms with Gasteiger partial charge in [0.2, 0.25) is 5.13 Å². The number of hydrogen-bond donors (Lipinski definition) is 0. The van der Waals surface area contributed by atoms with Crippen LogP contribution in [-0.2, 0) is 4.74 Å². The van der Waals surface area contributed by atoms with Crippen molar-refractivity contribution in [1.82, 2.24) is 20.2 Å². The van der Waals surface area contributed by atoms with E-state index in [-0.39, 0.29) is 0 Å². The molecule has 0 amide bonds. The summed E-state index contributed by atoms with van der Waals surface area (Å²) in [7, 11) is 0. The molecule has 0 N–H and O–H groups in total. The molecular weight excluding hydrogens is 274 g/mol. The van der Waals surface area contributed by atoms with Crippen LogP contribution in [0.2, 0.25) is 5.15 Å². The molecule has 1 saturated heterocycles. The van der Waals surface area contributed by atoms with Gasteiger partial charge in [0.1, 0.15) is 10.8 Å². The standard InChI is InChI=1S/C10H10ClN5OS/c11-8-6-12-5-7(13-8)9-14-15-10(18-9)16-1-3-17-4-2-16/h5-6H,1-4H2. The normalized spacial score (nSPS) is 15.9. The molecular formula is C10H10ClN5OS. The Morgan fingerprint density at radius 3 is 2.83 bits per heavy atom. The van der Waals surface area contributed by atoms with Gasteiger partial charge in [-0.15, -0.1) is 10.2 Å². The molecule has 3 rings (SSSR count). The average Bonchev–Trinajstić information content (AvgIpc) is 2.89. The number of nitrogens with zero attached hydrogens (tertiary/aromatic N) is 5. The van der Waals surface area contributed by atoms with Crippen LogP contribution < -0.4 is 4.90 Å². The molecule has 0 aromatic carbocycles. The maximum absolute atomic E-state index is 5.81. The first-order chi connectivity index (χ1) is 8.83. The molecule has 0 saturated carbocycles. The van der Waals surface area contributed by atoms with Gasteiger partial charge in [-0.1, -0.05) is 22.9 Å². The first-order valence-electron chi connectivity index (χ1n) is 5.47. The Labute approximate surface area is 113 Å². The molecule has 0 atom stereocenters. The number of anilines is 1. The van der Waals surface area contributed by atoms with E-state index in [1.807, 2.05) is 0 Å². The van der Waals surface area contributed by atoms with E-state index < -0.39 is 0 Å². The van der Waals surface area contributed by atoms with Crippen LogP contribution in [0, 0.1) is 0 Å². The van der Waals surface area contributed by atoms with Gasteiger partial charge in [-0.2, -0.15) is 0 Å². The zero-order chi connectivity index (χ0) is 12.4. The van der Waals surface area contributed by atoms with Crippen molar-refractivity contribution >= 4 is 28.1 Å². The Balaban J connectivity index is 1.84. The van der Waals surface area contributed by atoms with Crippen LogP contribution in [0.15, 0.2) is 12.4 Å². The minimum absolute atomic E-state index is 0.357. The second-order valence-corrected chi connectivity index (χ2v) is 5.06. The lowest BCUT2D eigenvalue weighted by Crippen LogP contribution is -2.36. The number of halogens is 1. The Bertz CT molecular complexity index is 543. The Morgan fingerprint density at radius 2 is 2.06 bits per heavy atom. The first-order valence-corrected chi connectivity index (χ1v) is 6.66. The lowest BCUT2D eigenvalue weighted by atomic mass is 10.5. The van der Waals surface area contributed by atoms with Crippen LogP contribution in [-0.4, -0.2) is 46.5 Å². The van der Waals surface area contributed by atoms with E-state index in [0.717, 1.165) is 36.4 Å². The zero-order valence-corrected chi connectivity index (χ0v) is 11.0. The summed E-state index contributed by atoms with van der Waals surface area (Å²) in [6, 6.07) is 0. The number of morpholine rings is 1. The van der Waals surface area contributed by atoms with Crippen LogP contribution in [0.5, 0.6) is 0 Å². The molecule has 0 unspecified atom stereocenters. The first kappa shape index (κ1) is 11.8. The molecule has 8 heteroatoms. The number of ether oxygens (including phenoxy) is 1. The Morgan fingerprint density at radius 1 is 1.22 bits per heavy atom. The van der Waals surface area contributed by atoms with Gasteiger partial charge in [0.15, 0.2) is 5.01 Å². The molecule has 0 bridgehead atoms. The van der Waals surface area contributed by atoms with E-state index in [9.17, 15) is 0 Å². The summed E-state index contributed by atoms with van der Waals surface area (Å²) >= 11 is 7.29. The zero-order valence-electron chi connectivity index (χ0n) is 9.41. The van der Waals surface area contributed by atoms with Crippen molar-refractivity contribution in [3.63, 3.8) is 0 Å². The molecule has 1 fully saturated rings. The third-order valence-corrected chi connectivity index (χ3v) is 3.71. The molecule has 3 heterocycles. The lowest BCUT2D eigenvalue weighted by molar-refractivity contribution is 0.122. The van der Waals surface area contributed by atoms with Gasteiger partial charge < -0.3 is 9.64 Å². The smallest absolute Gasteiger partial charge is 0.208 e. The second-order valence-electron chi connectivity index (χ2n) is 3.72.